The number of carbonyl (C=O) groups is 1. The molecule has 1 saturated carbocycles. The lowest BCUT2D eigenvalue weighted by Gasteiger charge is -2.18. The smallest absolute Gasteiger partial charge is 0.356 e. The van der Waals surface area contributed by atoms with Crippen molar-refractivity contribution in [1.29, 1.82) is 0 Å². The minimum Gasteiger partial charge on any atom is -0.476 e. The van der Waals surface area contributed by atoms with E-state index in [0.717, 1.165) is 43.2 Å². The first kappa shape index (κ1) is 9.84. The van der Waals surface area contributed by atoms with Crippen molar-refractivity contribution in [1.82, 2.24) is 15.1 Å². The second kappa shape index (κ2) is 3.59. The van der Waals surface area contributed by atoms with E-state index in [1.165, 1.54) is 12.8 Å². The van der Waals surface area contributed by atoms with E-state index in [2.05, 4.69) is 15.1 Å². The Balaban J connectivity index is 1.83. The van der Waals surface area contributed by atoms with Gasteiger partial charge in [0.05, 0.1) is 0 Å². The molecule has 1 fully saturated rings. The van der Waals surface area contributed by atoms with E-state index in [9.17, 15) is 4.79 Å². The Morgan fingerprint density at radius 1 is 1.38 bits per heavy atom. The van der Waals surface area contributed by atoms with E-state index < -0.39 is 5.97 Å². The Morgan fingerprint density at radius 2 is 2.12 bits per heavy atom. The fourth-order valence-electron chi connectivity index (χ4n) is 2.48. The van der Waals surface area contributed by atoms with Crippen LogP contribution in [0.15, 0.2) is 0 Å². The monoisotopic (exact) mass is 221 g/mol. The van der Waals surface area contributed by atoms with Gasteiger partial charge in [0.25, 0.3) is 0 Å². The third kappa shape index (κ3) is 1.61. The van der Waals surface area contributed by atoms with Gasteiger partial charge in [0, 0.05) is 36.8 Å². The van der Waals surface area contributed by atoms with Gasteiger partial charge in [-0.25, -0.2) is 4.79 Å². The fraction of sp³-hybridized carbons (Fsp3) is 0.636. The number of fused-ring (bicyclic) bond motifs is 1. The van der Waals surface area contributed by atoms with E-state index in [-0.39, 0.29) is 5.69 Å². The molecule has 2 aliphatic rings. The van der Waals surface area contributed by atoms with Gasteiger partial charge in [-0.3, -0.25) is 10.00 Å². The van der Waals surface area contributed by atoms with Gasteiger partial charge >= 0.3 is 5.97 Å². The Kier molecular flexibility index (Phi) is 2.21. The number of carboxylic acid groups (broad SMARTS) is 1. The highest BCUT2D eigenvalue weighted by atomic mass is 16.4. The van der Waals surface area contributed by atoms with E-state index in [1.807, 2.05) is 0 Å². The number of H-pyrrole nitrogens is 1. The number of aromatic nitrogens is 2. The van der Waals surface area contributed by atoms with Crippen molar-refractivity contribution in [3.8, 4) is 0 Å². The molecule has 1 aliphatic carbocycles. The molecule has 3 rings (SSSR count). The molecule has 0 amide bonds. The minimum absolute atomic E-state index is 0.215. The zero-order chi connectivity index (χ0) is 11.1. The maximum atomic E-state index is 11.0. The van der Waals surface area contributed by atoms with Gasteiger partial charge in [-0.1, -0.05) is 0 Å². The van der Waals surface area contributed by atoms with Gasteiger partial charge < -0.3 is 5.11 Å². The lowest BCUT2D eigenvalue weighted by Crippen LogP contribution is -2.28. The summed E-state index contributed by atoms with van der Waals surface area (Å²) in [6.07, 6.45) is 4.31. The second-order valence-electron chi connectivity index (χ2n) is 4.60. The molecule has 0 unspecified atom stereocenters. The molecule has 86 valence electrons. The van der Waals surface area contributed by atoms with Gasteiger partial charge in [-0.15, -0.1) is 0 Å². The zero-order valence-corrected chi connectivity index (χ0v) is 9.07. The van der Waals surface area contributed by atoms with Gasteiger partial charge in [0.15, 0.2) is 5.69 Å². The average molecular weight is 221 g/mol. The molecule has 2 heterocycles. The van der Waals surface area contributed by atoms with Crippen molar-refractivity contribution in [2.45, 2.75) is 31.7 Å². The molecule has 16 heavy (non-hydrogen) atoms. The number of rotatable bonds is 2. The van der Waals surface area contributed by atoms with Gasteiger partial charge in [-0.05, 0) is 19.3 Å². The third-order valence-electron chi connectivity index (χ3n) is 3.52. The van der Waals surface area contributed by atoms with E-state index in [4.69, 9.17) is 5.11 Å². The van der Waals surface area contributed by atoms with Crippen LogP contribution < -0.4 is 0 Å². The van der Waals surface area contributed by atoms with E-state index in [0.29, 0.717) is 0 Å². The third-order valence-corrected chi connectivity index (χ3v) is 3.52. The standard InChI is InChI=1S/C11H15N3O2/c15-11(16)10-8-3-5-14(7-1-2-7)6-4-9(8)12-13-10/h7H,1-6H2,(H,12,13)(H,15,16). The molecule has 0 saturated heterocycles. The minimum atomic E-state index is -0.919. The predicted molar refractivity (Wildman–Crippen MR) is 57.6 cm³/mol. The van der Waals surface area contributed by atoms with Gasteiger partial charge in [0.2, 0.25) is 0 Å². The summed E-state index contributed by atoms with van der Waals surface area (Å²) in [5, 5.41) is 15.8. The molecule has 1 aromatic heterocycles. The molecule has 0 atom stereocenters. The maximum Gasteiger partial charge on any atom is 0.356 e. The first-order valence-electron chi connectivity index (χ1n) is 5.79. The van der Waals surface area contributed by atoms with Crippen molar-refractivity contribution < 1.29 is 9.90 Å². The van der Waals surface area contributed by atoms with Crippen LogP contribution in [0.1, 0.15) is 34.6 Å². The highest BCUT2D eigenvalue weighted by molar-refractivity contribution is 5.87. The summed E-state index contributed by atoms with van der Waals surface area (Å²) < 4.78 is 0. The van der Waals surface area contributed by atoms with Gasteiger partial charge in [0.1, 0.15) is 0 Å². The summed E-state index contributed by atoms with van der Waals surface area (Å²) in [5.41, 5.74) is 2.14. The van der Waals surface area contributed by atoms with Crippen LogP contribution in [0.3, 0.4) is 0 Å². The highest BCUT2D eigenvalue weighted by Crippen LogP contribution is 2.29. The first-order chi connectivity index (χ1) is 7.75. The summed E-state index contributed by atoms with van der Waals surface area (Å²) in [4.78, 5) is 13.4. The van der Waals surface area contributed by atoms with Crippen molar-refractivity contribution in [2.24, 2.45) is 0 Å². The highest BCUT2D eigenvalue weighted by Gasteiger charge is 2.31. The number of hydrogen-bond donors (Lipinski definition) is 2. The van der Waals surface area contributed by atoms with Crippen molar-refractivity contribution in [3.63, 3.8) is 0 Å². The number of aromatic carboxylic acids is 1. The summed E-state index contributed by atoms with van der Waals surface area (Å²) in [7, 11) is 0. The number of nitrogens with one attached hydrogen (secondary N) is 1. The van der Waals surface area contributed by atoms with Crippen LogP contribution in [-0.4, -0.2) is 45.3 Å². The molecule has 1 aromatic rings. The predicted octanol–water partition coefficient (Wildman–Crippen LogP) is 0.671. The molecule has 0 bridgehead atoms. The van der Waals surface area contributed by atoms with E-state index >= 15 is 0 Å². The van der Waals surface area contributed by atoms with Gasteiger partial charge in [-0.2, -0.15) is 5.10 Å². The maximum absolute atomic E-state index is 11.0. The average Bonchev–Trinajstić information content (AvgIpc) is 3.02. The summed E-state index contributed by atoms with van der Waals surface area (Å²) in [6.45, 7) is 2.00. The molecule has 0 aromatic carbocycles. The van der Waals surface area contributed by atoms with Crippen LogP contribution in [0, 0.1) is 0 Å². The van der Waals surface area contributed by atoms with Crippen LogP contribution in [0.2, 0.25) is 0 Å². The second-order valence-corrected chi connectivity index (χ2v) is 4.60. The molecule has 0 spiro atoms. The molecular formula is C11H15N3O2. The Hall–Kier alpha value is -1.36. The molecule has 0 radical (unpaired) electrons. The zero-order valence-electron chi connectivity index (χ0n) is 9.07. The van der Waals surface area contributed by atoms with Crippen LogP contribution in [0.25, 0.3) is 0 Å². The summed E-state index contributed by atoms with van der Waals surface area (Å²) in [5.74, 6) is -0.919. The topological polar surface area (TPSA) is 69.2 Å². The van der Waals surface area contributed by atoms with E-state index in [1.54, 1.807) is 0 Å². The fourth-order valence-corrected chi connectivity index (χ4v) is 2.48. The Morgan fingerprint density at radius 3 is 2.81 bits per heavy atom. The van der Waals surface area contributed by atoms with Crippen molar-refractivity contribution >= 4 is 5.97 Å². The van der Waals surface area contributed by atoms with Crippen LogP contribution >= 0.6 is 0 Å². The lowest BCUT2D eigenvalue weighted by atomic mass is 10.1. The number of aromatic amines is 1. The molecular weight excluding hydrogens is 206 g/mol. The van der Waals surface area contributed by atoms with Crippen LogP contribution in [-0.2, 0) is 12.8 Å². The molecule has 1 aliphatic heterocycles. The van der Waals surface area contributed by atoms with Crippen LogP contribution in [0.5, 0.6) is 0 Å². The van der Waals surface area contributed by atoms with Crippen molar-refractivity contribution in [2.75, 3.05) is 13.1 Å². The molecule has 5 nitrogen and oxygen atoms in total. The first-order valence-corrected chi connectivity index (χ1v) is 5.79. The number of nitrogens with zero attached hydrogens (tertiary/aromatic N) is 2. The Bertz CT molecular complexity index is 423. The Labute approximate surface area is 93.5 Å². The number of hydrogen-bond acceptors (Lipinski definition) is 3. The normalized spacial score (nSPS) is 21.5. The summed E-state index contributed by atoms with van der Waals surface area (Å²) in [6, 6.07) is 0.755. The molecule has 2 N–H and O–H groups in total. The SMILES string of the molecule is O=C(O)c1n[nH]c2c1CCN(C1CC1)CC2. The lowest BCUT2D eigenvalue weighted by molar-refractivity contribution is 0.0689. The largest absolute Gasteiger partial charge is 0.476 e. The van der Waals surface area contributed by atoms with Crippen LogP contribution in [0.4, 0.5) is 0 Å². The quantitative estimate of drug-likeness (QED) is 0.770. The summed E-state index contributed by atoms with van der Waals surface area (Å²) >= 11 is 0. The molecule has 5 heteroatoms. The number of carboxylic acids is 1. The van der Waals surface area contributed by atoms with Crippen molar-refractivity contribution in [3.05, 3.63) is 17.0 Å².